The van der Waals surface area contributed by atoms with Crippen LogP contribution in [0.25, 0.3) is 0 Å². The van der Waals surface area contributed by atoms with Gasteiger partial charge in [-0.2, -0.15) is 0 Å². The Morgan fingerprint density at radius 1 is 1.10 bits per heavy atom. The Morgan fingerprint density at radius 3 is 2.38 bits per heavy atom. The highest BCUT2D eigenvalue weighted by molar-refractivity contribution is 4.87. The fourth-order valence-corrected chi connectivity index (χ4v) is 4.09. The van der Waals surface area contributed by atoms with Crippen molar-refractivity contribution < 1.29 is 5.11 Å². The molecular formula is C18H36N2O. The summed E-state index contributed by atoms with van der Waals surface area (Å²) in [5.74, 6) is 0.895. The summed E-state index contributed by atoms with van der Waals surface area (Å²) >= 11 is 0. The van der Waals surface area contributed by atoms with Crippen LogP contribution in [0.1, 0.15) is 65.7 Å². The Labute approximate surface area is 131 Å². The van der Waals surface area contributed by atoms with Crippen LogP contribution in [0.3, 0.4) is 0 Å². The van der Waals surface area contributed by atoms with Crippen molar-refractivity contribution in [3.8, 4) is 0 Å². The van der Waals surface area contributed by atoms with Gasteiger partial charge in [0.15, 0.2) is 0 Å². The molecule has 0 spiro atoms. The third kappa shape index (κ3) is 5.22. The van der Waals surface area contributed by atoms with Gasteiger partial charge < -0.3 is 15.3 Å². The Balaban J connectivity index is 1.70. The molecule has 2 fully saturated rings. The van der Waals surface area contributed by atoms with Gasteiger partial charge in [-0.1, -0.05) is 33.6 Å². The topological polar surface area (TPSA) is 35.5 Å². The summed E-state index contributed by atoms with van der Waals surface area (Å²) in [6.07, 6.45) is 9.19. The van der Waals surface area contributed by atoms with Gasteiger partial charge in [-0.15, -0.1) is 0 Å². The molecule has 1 heterocycles. The van der Waals surface area contributed by atoms with Crippen molar-refractivity contribution >= 4 is 0 Å². The lowest BCUT2D eigenvalue weighted by Gasteiger charge is -2.43. The number of nitrogens with zero attached hydrogens (tertiary/aromatic N) is 1. The number of likely N-dealkylation sites (tertiary alicyclic amines) is 1. The van der Waals surface area contributed by atoms with Gasteiger partial charge in [-0.25, -0.2) is 0 Å². The quantitative estimate of drug-likeness (QED) is 0.791. The van der Waals surface area contributed by atoms with Crippen molar-refractivity contribution in [3.63, 3.8) is 0 Å². The lowest BCUT2D eigenvalue weighted by atomic mass is 9.83. The number of aliphatic hydroxyl groups excluding tert-OH is 1. The molecule has 0 aromatic heterocycles. The van der Waals surface area contributed by atoms with Crippen molar-refractivity contribution in [3.05, 3.63) is 0 Å². The second-order valence-electron chi connectivity index (χ2n) is 8.16. The van der Waals surface area contributed by atoms with E-state index in [2.05, 4.69) is 31.0 Å². The van der Waals surface area contributed by atoms with Crippen molar-refractivity contribution in [1.29, 1.82) is 0 Å². The van der Waals surface area contributed by atoms with Gasteiger partial charge in [0, 0.05) is 25.2 Å². The first kappa shape index (κ1) is 17.2. The predicted octanol–water partition coefficient (Wildman–Crippen LogP) is 3.03. The van der Waals surface area contributed by atoms with Crippen molar-refractivity contribution in [2.75, 3.05) is 26.2 Å². The number of piperidine rings is 1. The predicted molar refractivity (Wildman–Crippen MR) is 89.5 cm³/mol. The molecule has 2 N–H and O–H groups in total. The Morgan fingerprint density at radius 2 is 1.76 bits per heavy atom. The summed E-state index contributed by atoms with van der Waals surface area (Å²) in [7, 11) is 0. The number of hydrogen-bond donors (Lipinski definition) is 2. The first-order chi connectivity index (χ1) is 10.0. The van der Waals surface area contributed by atoms with Crippen molar-refractivity contribution in [2.45, 2.75) is 77.8 Å². The van der Waals surface area contributed by atoms with E-state index in [9.17, 15) is 0 Å². The molecule has 0 bridgehead atoms. The van der Waals surface area contributed by atoms with Crippen LogP contribution in [-0.4, -0.2) is 48.3 Å². The van der Waals surface area contributed by atoms with E-state index < -0.39 is 0 Å². The lowest BCUT2D eigenvalue weighted by molar-refractivity contribution is 0.0790. The maximum Gasteiger partial charge on any atom is 0.0436 e. The third-order valence-corrected chi connectivity index (χ3v) is 5.72. The highest BCUT2D eigenvalue weighted by Crippen LogP contribution is 2.30. The molecule has 1 aliphatic heterocycles. The molecule has 3 nitrogen and oxygen atoms in total. The molecule has 0 aromatic carbocycles. The van der Waals surface area contributed by atoms with E-state index in [0.717, 1.165) is 24.9 Å². The SMILES string of the molecule is CC1CCCCC1N1CCC(NCC(C)(C)CCO)CC1. The maximum atomic E-state index is 9.11. The van der Waals surface area contributed by atoms with Gasteiger partial charge in [0.2, 0.25) is 0 Å². The van der Waals surface area contributed by atoms with Gasteiger partial charge >= 0.3 is 0 Å². The molecule has 2 atom stereocenters. The van der Waals surface area contributed by atoms with Crippen LogP contribution in [-0.2, 0) is 0 Å². The molecule has 2 rings (SSSR count). The molecular weight excluding hydrogens is 260 g/mol. The van der Waals surface area contributed by atoms with E-state index in [1.165, 1.54) is 51.6 Å². The highest BCUT2D eigenvalue weighted by Gasteiger charge is 2.30. The molecule has 1 saturated carbocycles. The average Bonchev–Trinajstić information content (AvgIpc) is 2.46. The molecule has 2 unspecified atom stereocenters. The molecule has 0 amide bonds. The average molecular weight is 296 g/mol. The van der Waals surface area contributed by atoms with Gasteiger partial charge in [0.1, 0.15) is 0 Å². The molecule has 1 aliphatic carbocycles. The van der Waals surface area contributed by atoms with Crippen LogP contribution >= 0.6 is 0 Å². The Kier molecular flexibility index (Phi) is 6.51. The van der Waals surface area contributed by atoms with Crippen LogP contribution in [0.2, 0.25) is 0 Å². The van der Waals surface area contributed by atoms with Crippen LogP contribution in [0.15, 0.2) is 0 Å². The van der Waals surface area contributed by atoms with Crippen LogP contribution < -0.4 is 5.32 Å². The Bertz CT molecular complexity index is 298. The summed E-state index contributed by atoms with van der Waals surface area (Å²) in [4.78, 5) is 2.76. The van der Waals surface area contributed by atoms with Crippen LogP contribution in [0, 0.1) is 11.3 Å². The molecule has 0 radical (unpaired) electrons. The highest BCUT2D eigenvalue weighted by atomic mass is 16.3. The molecule has 0 aromatic rings. The molecule has 3 heteroatoms. The summed E-state index contributed by atoms with van der Waals surface area (Å²) < 4.78 is 0. The van der Waals surface area contributed by atoms with Gasteiger partial charge in [-0.05, 0) is 56.5 Å². The van der Waals surface area contributed by atoms with Gasteiger partial charge in [0.05, 0.1) is 0 Å². The smallest absolute Gasteiger partial charge is 0.0436 e. The third-order valence-electron chi connectivity index (χ3n) is 5.72. The fourth-order valence-electron chi connectivity index (χ4n) is 4.09. The van der Waals surface area contributed by atoms with E-state index in [4.69, 9.17) is 5.11 Å². The number of hydrogen-bond acceptors (Lipinski definition) is 3. The number of rotatable bonds is 6. The van der Waals surface area contributed by atoms with E-state index in [-0.39, 0.29) is 5.41 Å². The van der Waals surface area contributed by atoms with E-state index in [1.807, 2.05) is 0 Å². The van der Waals surface area contributed by atoms with Crippen molar-refractivity contribution in [2.24, 2.45) is 11.3 Å². The zero-order valence-corrected chi connectivity index (χ0v) is 14.4. The zero-order chi connectivity index (χ0) is 15.3. The molecule has 21 heavy (non-hydrogen) atoms. The fraction of sp³-hybridized carbons (Fsp3) is 1.00. The second kappa shape index (κ2) is 7.94. The Hall–Kier alpha value is -0.120. The summed E-state index contributed by atoms with van der Waals surface area (Å²) in [5, 5.41) is 12.9. The minimum atomic E-state index is 0.212. The normalized spacial score (nSPS) is 29.7. The first-order valence-corrected chi connectivity index (χ1v) is 9.10. The van der Waals surface area contributed by atoms with Crippen LogP contribution in [0.4, 0.5) is 0 Å². The summed E-state index contributed by atoms with van der Waals surface area (Å²) in [6.45, 7) is 10.8. The number of nitrogens with one attached hydrogen (secondary N) is 1. The summed E-state index contributed by atoms with van der Waals surface area (Å²) in [6, 6.07) is 1.53. The number of aliphatic hydroxyl groups is 1. The van der Waals surface area contributed by atoms with Crippen molar-refractivity contribution in [1.82, 2.24) is 10.2 Å². The van der Waals surface area contributed by atoms with Gasteiger partial charge in [0.25, 0.3) is 0 Å². The van der Waals surface area contributed by atoms with E-state index >= 15 is 0 Å². The summed E-state index contributed by atoms with van der Waals surface area (Å²) in [5.41, 5.74) is 0.212. The van der Waals surface area contributed by atoms with E-state index in [1.54, 1.807) is 0 Å². The van der Waals surface area contributed by atoms with E-state index in [0.29, 0.717) is 12.6 Å². The van der Waals surface area contributed by atoms with Gasteiger partial charge in [-0.3, -0.25) is 0 Å². The largest absolute Gasteiger partial charge is 0.396 e. The molecule has 1 saturated heterocycles. The van der Waals surface area contributed by atoms with Crippen LogP contribution in [0.5, 0.6) is 0 Å². The minimum Gasteiger partial charge on any atom is -0.396 e. The zero-order valence-electron chi connectivity index (χ0n) is 14.4. The first-order valence-electron chi connectivity index (χ1n) is 9.10. The monoisotopic (exact) mass is 296 g/mol. The minimum absolute atomic E-state index is 0.212. The maximum absolute atomic E-state index is 9.11. The molecule has 124 valence electrons. The second-order valence-corrected chi connectivity index (χ2v) is 8.16. The standard InChI is InChI=1S/C18H36N2O/c1-15-6-4-5-7-17(15)20-11-8-16(9-12-20)19-14-18(2,3)10-13-21/h15-17,19,21H,4-14H2,1-3H3. The molecule has 2 aliphatic rings. The lowest BCUT2D eigenvalue weighted by Crippen LogP contribution is -2.50.